The lowest BCUT2D eigenvalue weighted by Crippen LogP contribution is -2.44. The summed E-state index contributed by atoms with van der Waals surface area (Å²) in [6, 6.07) is 20.7. The number of carbonyl (C=O) groups is 1. The standard InChI is InChI=1S/C25H25N5O2/c1-29-12-14-30(15-13-29)20-7-2-18(3-8-20)25(32)26-24-22-11-6-19(16-23(22)27-28-24)17-4-9-21(31)10-5-17/h2-11,16,31H,12-15H2,1H3,(H2,26,27,28,32). The van der Waals surface area contributed by atoms with Crippen molar-refractivity contribution in [3.8, 4) is 16.9 Å². The van der Waals surface area contributed by atoms with E-state index in [1.165, 1.54) is 0 Å². The minimum absolute atomic E-state index is 0.189. The van der Waals surface area contributed by atoms with E-state index in [-0.39, 0.29) is 11.7 Å². The van der Waals surface area contributed by atoms with E-state index in [9.17, 15) is 9.90 Å². The average Bonchev–Trinajstić information content (AvgIpc) is 3.22. The third kappa shape index (κ3) is 4.02. The summed E-state index contributed by atoms with van der Waals surface area (Å²) in [5, 5.41) is 20.5. The molecule has 1 aliphatic heterocycles. The number of fused-ring (bicyclic) bond motifs is 1. The molecule has 1 aromatic heterocycles. The quantitative estimate of drug-likeness (QED) is 0.459. The SMILES string of the molecule is CN1CCN(c2ccc(C(=O)Nc3n[nH]c4cc(-c5ccc(O)cc5)ccc34)cc2)CC1. The average molecular weight is 428 g/mol. The van der Waals surface area contributed by atoms with Crippen LogP contribution in [0.3, 0.4) is 0 Å². The molecule has 4 aromatic rings. The molecule has 1 amide bonds. The Hall–Kier alpha value is -3.84. The number of amides is 1. The maximum Gasteiger partial charge on any atom is 0.256 e. The van der Waals surface area contributed by atoms with Crippen LogP contribution in [0.2, 0.25) is 0 Å². The molecule has 5 rings (SSSR count). The van der Waals surface area contributed by atoms with Crippen molar-refractivity contribution in [2.45, 2.75) is 0 Å². The predicted octanol–water partition coefficient (Wildman–Crippen LogP) is 3.94. The minimum atomic E-state index is -0.189. The second-order valence-corrected chi connectivity index (χ2v) is 8.17. The van der Waals surface area contributed by atoms with Crippen LogP contribution in [0.1, 0.15) is 10.4 Å². The fourth-order valence-corrected chi connectivity index (χ4v) is 4.02. The number of likely N-dealkylation sites (N-methyl/N-ethyl adjacent to an activating group) is 1. The third-order valence-corrected chi connectivity index (χ3v) is 5.99. The first kappa shape index (κ1) is 20.1. The van der Waals surface area contributed by atoms with Gasteiger partial charge in [0, 0.05) is 42.8 Å². The third-order valence-electron chi connectivity index (χ3n) is 5.99. The van der Waals surface area contributed by atoms with Crippen molar-refractivity contribution in [3.63, 3.8) is 0 Å². The second-order valence-electron chi connectivity index (χ2n) is 8.17. The van der Waals surface area contributed by atoms with Crippen molar-refractivity contribution in [2.75, 3.05) is 43.4 Å². The largest absolute Gasteiger partial charge is 0.508 e. The normalized spacial score (nSPS) is 14.6. The highest BCUT2D eigenvalue weighted by molar-refractivity contribution is 6.08. The Morgan fingerprint density at radius 3 is 2.34 bits per heavy atom. The van der Waals surface area contributed by atoms with Crippen LogP contribution in [-0.2, 0) is 0 Å². The van der Waals surface area contributed by atoms with E-state index in [1.54, 1.807) is 12.1 Å². The van der Waals surface area contributed by atoms with Crippen LogP contribution in [0.15, 0.2) is 66.7 Å². The first-order valence-corrected chi connectivity index (χ1v) is 10.7. The lowest BCUT2D eigenvalue weighted by atomic mass is 10.0. The summed E-state index contributed by atoms with van der Waals surface area (Å²) in [4.78, 5) is 17.5. The number of aromatic hydroxyl groups is 1. The number of nitrogens with one attached hydrogen (secondary N) is 2. The van der Waals surface area contributed by atoms with Gasteiger partial charge in [0.25, 0.3) is 5.91 Å². The van der Waals surface area contributed by atoms with Crippen molar-refractivity contribution >= 4 is 28.3 Å². The molecule has 0 radical (unpaired) electrons. The van der Waals surface area contributed by atoms with Crippen LogP contribution in [0.4, 0.5) is 11.5 Å². The van der Waals surface area contributed by atoms with Crippen LogP contribution >= 0.6 is 0 Å². The molecule has 32 heavy (non-hydrogen) atoms. The van der Waals surface area contributed by atoms with Gasteiger partial charge in [0.2, 0.25) is 0 Å². The maximum absolute atomic E-state index is 12.8. The smallest absolute Gasteiger partial charge is 0.256 e. The highest BCUT2D eigenvalue weighted by Gasteiger charge is 2.16. The van der Waals surface area contributed by atoms with Gasteiger partial charge in [-0.25, -0.2) is 0 Å². The number of hydrogen-bond acceptors (Lipinski definition) is 5. The summed E-state index contributed by atoms with van der Waals surface area (Å²) >= 11 is 0. The minimum Gasteiger partial charge on any atom is -0.508 e. The number of phenolic OH excluding ortho intramolecular Hbond substituents is 1. The monoisotopic (exact) mass is 427 g/mol. The lowest BCUT2D eigenvalue weighted by molar-refractivity contribution is 0.102. The first-order chi connectivity index (χ1) is 15.6. The molecular formula is C25H25N5O2. The molecular weight excluding hydrogens is 402 g/mol. The molecule has 0 unspecified atom stereocenters. The second kappa shape index (κ2) is 8.36. The molecule has 162 valence electrons. The molecule has 7 heteroatoms. The fourth-order valence-electron chi connectivity index (χ4n) is 4.02. The maximum atomic E-state index is 12.8. The number of phenols is 1. The number of hydrogen-bond donors (Lipinski definition) is 3. The molecule has 1 fully saturated rings. The van der Waals surface area contributed by atoms with Gasteiger partial charge >= 0.3 is 0 Å². The highest BCUT2D eigenvalue weighted by atomic mass is 16.3. The van der Waals surface area contributed by atoms with E-state index in [4.69, 9.17) is 0 Å². The van der Waals surface area contributed by atoms with Gasteiger partial charge in [-0.3, -0.25) is 9.89 Å². The topological polar surface area (TPSA) is 84.5 Å². The Morgan fingerprint density at radius 1 is 0.938 bits per heavy atom. The fraction of sp³-hybridized carbons (Fsp3) is 0.200. The summed E-state index contributed by atoms with van der Waals surface area (Å²) in [5.74, 6) is 0.550. The summed E-state index contributed by atoms with van der Waals surface area (Å²) in [6.07, 6.45) is 0. The van der Waals surface area contributed by atoms with E-state index in [0.29, 0.717) is 11.4 Å². The molecule has 1 saturated heterocycles. The number of carbonyl (C=O) groups excluding carboxylic acids is 1. The number of aromatic amines is 1. The molecule has 0 spiro atoms. The molecule has 3 N–H and O–H groups in total. The number of H-pyrrole nitrogens is 1. The van der Waals surface area contributed by atoms with Gasteiger partial charge in [-0.05, 0) is 66.7 Å². The molecule has 0 aliphatic carbocycles. The van der Waals surface area contributed by atoms with E-state index in [2.05, 4.69) is 32.4 Å². The zero-order valence-corrected chi connectivity index (χ0v) is 17.9. The number of benzene rings is 3. The Morgan fingerprint density at radius 2 is 1.62 bits per heavy atom. The van der Waals surface area contributed by atoms with Crippen molar-refractivity contribution in [1.82, 2.24) is 15.1 Å². The number of anilines is 2. The number of aromatic nitrogens is 2. The number of rotatable bonds is 4. The highest BCUT2D eigenvalue weighted by Crippen LogP contribution is 2.28. The van der Waals surface area contributed by atoms with Gasteiger partial charge in [0.05, 0.1) is 5.52 Å². The Balaban J connectivity index is 1.31. The molecule has 7 nitrogen and oxygen atoms in total. The van der Waals surface area contributed by atoms with Crippen molar-refractivity contribution in [1.29, 1.82) is 0 Å². The van der Waals surface area contributed by atoms with Crippen molar-refractivity contribution in [2.24, 2.45) is 0 Å². The van der Waals surface area contributed by atoms with Gasteiger partial charge in [-0.15, -0.1) is 0 Å². The molecule has 0 bridgehead atoms. The van der Waals surface area contributed by atoms with Gasteiger partial charge in [-0.2, -0.15) is 5.10 Å². The van der Waals surface area contributed by atoms with Crippen molar-refractivity contribution in [3.05, 3.63) is 72.3 Å². The molecule has 0 atom stereocenters. The Kier molecular flexibility index (Phi) is 5.25. The Labute approximate surface area is 186 Å². The Bertz CT molecular complexity index is 1240. The van der Waals surface area contributed by atoms with Crippen molar-refractivity contribution < 1.29 is 9.90 Å². The van der Waals surface area contributed by atoms with Gasteiger partial charge in [0.1, 0.15) is 5.75 Å². The lowest BCUT2D eigenvalue weighted by Gasteiger charge is -2.34. The number of piperazine rings is 1. The number of nitrogens with zero attached hydrogens (tertiary/aromatic N) is 3. The van der Waals surface area contributed by atoms with Gasteiger partial charge < -0.3 is 20.2 Å². The van der Waals surface area contributed by atoms with E-state index in [1.807, 2.05) is 54.6 Å². The molecule has 2 heterocycles. The van der Waals surface area contributed by atoms with E-state index < -0.39 is 0 Å². The van der Waals surface area contributed by atoms with E-state index >= 15 is 0 Å². The van der Waals surface area contributed by atoms with Crippen LogP contribution in [0, 0.1) is 0 Å². The summed E-state index contributed by atoms with van der Waals surface area (Å²) in [5.41, 5.74) is 4.56. The zero-order chi connectivity index (χ0) is 22.1. The van der Waals surface area contributed by atoms with Crippen LogP contribution in [0.5, 0.6) is 5.75 Å². The summed E-state index contributed by atoms with van der Waals surface area (Å²) in [6.45, 7) is 4.08. The van der Waals surface area contributed by atoms with Crippen LogP contribution < -0.4 is 10.2 Å². The molecule has 3 aromatic carbocycles. The van der Waals surface area contributed by atoms with Gasteiger partial charge in [-0.1, -0.05) is 18.2 Å². The molecule has 0 saturated carbocycles. The molecule has 1 aliphatic rings. The van der Waals surface area contributed by atoms with Gasteiger partial charge in [0.15, 0.2) is 5.82 Å². The van der Waals surface area contributed by atoms with Crippen LogP contribution in [-0.4, -0.2) is 59.3 Å². The van der Waals surface area contributed by atoms with E-state index in [0.717, 1.165) is 53.9 Å². The zero-order valence-electron chi connectivity index (χ0n) is 17.9. The summed E-state index contributed by atoms with van der Waals surface area (Å²) in [7, 11) is 2.14. The first-order valence-electron chi connectivity index (χ1n) is 10.7. The predicted molar refractivity (Wildman–Crippen MR) is 127 cm³/mol. The van der Waals surface area contributed by atoms with Crippen LogP contribution in [0.25, 0.3) is 22.0 Å². The summed E-state index contributed by atoms with van der Waals surface area (Å²) < 4.78 is 0.